The van der Waals surface area contributed by atoms with Gasteiger partial charge < -0.3 is 17.7 Å². The van der Waals surface area contributed by atoms with Crippen molar-refractivity contribution in [3.63, 3.8) is 0 Å². The number of aromatic nitrogens is 8. The van der Waals surface area contributed by atoms with Crippen molar-refractivity contribution in [1.29, 1.82) is 0 Å². The van der Waals surface area contributed by atoms with Crippen LogP contribution in [0.2, 0.25) is 0 Å². The zero-order chi connectivity index (χ0) is 60.0. The van der Waals surface area contributed by atoms with Crippen molar-refractivity contribution in [2.75, 3.05) is 0 Å². The van der Waals surface area contributed by atoms with E-state index in [1.807, 2.05) is 0 Å². The number of halogens is 12. The minimum atomic E-state index is -4.69. The van der Waals surface area contributed by atoms with Gasteiger partial charge in [-0.15, -0.1) is 40.8 Å². The minimum Gasteiger partial charge on any atom is -0.416 e. The van der Waals surface area contributed by atoms with Gasteiger partial charge in [-0.1, -0.05) is 67.3 Å². The molecular formula is C61H34F12N8O4. The Morgan fingerprint density at radius 3 is 1.07 bits per heavy atom. The Bertz CT molecular complexity index is 4380. The van der Waals surface area contributed by atoms with Gasteiger partial charge in [0.05, 0.1) is 22.3 Å². The Hall–Kier alpha value is -10.5. The molecule has 12 nitrogen and oxygen atoms in total. The Morgan fingerprint density at radius 2 is 0.671 bits per heavy atom. The predicted molar refractivity (Wildman–Crippen MR) is 285 cm³/mol. The molecule has 0 bridgehead atoms. The van der Waals surface area contributed by atoms with Gasteiger partial charge in [-0.3, -0.25) is 0 Å². The maximum Gasteiger partial charge on any atom is 0.416 e. The lowest BCUT2D eigenvalue weighted by molar-refractivity contribution is -0.138. The normalized spacial score (nSPS) is 12.6. The summed E-state index contributed by atoms with van der Waals surface area (Å²) in [6.45, 7) is 6.02. The first-order chi connectivity index (χ1) is 40.5. The van der Waals surface area contributed by atoms with Gasteiger partial charge >= 0.3 is 24.7 Å². The highest BCUT2D eigenvalue weighted by molar-refractivity contribution is 5.95. The van der Waals surface area contributed by atoms with Gasteiger partial charge in [0.2, 0.25) is 47.1 Å². The quantitative estimate of drug-likeness (QED) is 0.0797. The first-order valence-corrected chi connectivity index (χ1v) is 25.0. The highest BCUT2D eigenvalue weighted by Crippen LogP contribution is 2.44. The maximum absolute atomic E-state index is 13.8. The summed E-state index contributed by atoms with van der Waals surface area (Å²) in [5.41, 5.74) is -0.0113. The molecular weight excluding hydrogens is 1140 g/mol. The molecule has 0 spiro atoms. The van der Waals surface area contributed by atoms with E-state index in [1.165, 1.54) is 48.5 Å². The number of allylic oxidation sites excluding steroid dienone is 5. The monoisotopic (exact) mass is 1170 g/mol. The minimum absolute atomic E-state index is 0.0169. The third-order valence-electron chi connectivity index (χ3n) is 13.1. The Morgan fingerprint density at radius 1 is 0.341 bits per heavy atom. The molecule has 0 amide bonds. The molecule has 426 valence electrons. The van der Waals surface area contributed by atoms with Crippen LogP contribution in [0.5, 0.6) is 0 Å². The summed E-state index contributed by atoms with van der Waals surface area (Å²) in [5.74, 6) is -1.18. The zero-order valence-electron chi connectivity index (χ0n) is 43.2. The van der Waals surface area contributed by atoms with Crippen LogP contribution in [0, 0.1) is 0 Å². The Labute approximate surface area is 471 Å². The molecule has 0 saturated heterocycles. The highest BCUT2D eigenvalue weighted by atomic mass is 19.4. The molecule has 0 aliphatic rings. The van der Waals surface area contributed by atoms with E-state index in [0.29, 0.717) is 44.5 Å². The molecule has 0 aliphatic carbocycles. The average Bonchev–Trinajstić information content (AvgIpc) is 4.17. The van der Waals surface area contributed by atoms with Crippen molar-refractivity contribution >= 4 is 11.1 Å². The molecule has 7 aromatic carbocycles. The number of benzene rings is 7. The third-order valence-corrected chi connectivity index (χ3v) is 13.1. The molecule has 11 aromatic rings. The zero-order valence-corrected chi connectivity index (χ0v) is 43.2. The fourth-order valence-electron chi connectivity index (χ4n) is 8.84. The fraction of sp³-hybridized carbons (Fsp3) is 0.0820. The largest absolute Gasteiger partial charge is 0.416 e. The molecule has 0 atom stereocenters. The lowest BCUT2D eigenvalue weighted by Crippen LogP contribution is -2.04. The van der Waals surface area contributed by atoms with Crippen molar-refractivity contribution in [1.82, 2.24) is 40.8 Å². The van der Waals surface area contributed by atoms with Crippen LogP contribution in [0.1, 0.15) is 40.6 Å². The van der Waals surface area contributed by atoms with Gasteiger partial charge in [0.1, 0.15) is 0 Å². The molecule has 0 unspecified atom stereocenters. The van der Waals surface area contributed by atoms with Gasteiger partial charge in [-0.2, -0.15) is 52.7 Å². The average molecular weight is 1170 g/mol. The Kier molecular flexibility index (Phi) is 14.6. The fourth-order valence-corrected chi connectivity index (χ4v) is 8.84. The number of rotatable bonds is 13. The van der Waals surface area contributed by atoms with E-state index in [2.05, 4.69) is 47.4 Å². The number of alkyl halides is 12. The molecule has 24 heteroatoms. The van der Waals surface area contributed by atoms with E-state index in [1.54, 1.807) is 85.8 Å². The maximum atomic E-state index is 13.8. The topological polar surface area (TPSA) is 156 Å². The molecule has 11 rings (SSSR count). The SMILES string of the molecule is C=C(/C=C\C(=C/C)c1nnc(-c2cccc(C(F)(F)F)c2)o1)c1ccc(-c2nnc(-c3cccc(C(F)(F)F)c3)o2)cc1-c1cc(-c2nnc(-c3cccc(C(F)(F)F)c3)o2)ccc1-c1ccc(-c2nnc(-c3cccc(C(F)(F)F)c3)o2)cc1. The standard InChI is InChI=1S/C61H34F12N8O4/c1-3-33(50-74-76-52(82-50)36-8-4-12-42(26-36)58(62,63)64)17-16-32(2)46-24-22-40(56-80-78-54(84-56)38-10-6-14-44(28-38)60(68,69)70)30-48(46)49-31-41(57-81-79-55(85-57)39-11-7-15-45(29-39)61(71,72)73)23-25-47(49)34-18-20-35(21-19-34)51-75-77-53(83-51)37-9-5-13-43(27-37)59(65,66)67/h3-31H,2H2,1H3/b17-16-,33-3+. The number of hydrogen-bond acceptors (Lipinski definition) is 12. The lowest BCUT2D eigenvalue weighted by Gasteiger charge is -2.17. The molecule has 0 aliphatic heterocycles. The third kappa shape index (κ3) is 12.1. The summed E-state index contributed by atoms with van der Waals surface area (Å²) in [7, 11) is 0. The lowest BCUT2D eigenvalue weighted by atomic mass is 9.87. The van der Waals surface area contributed by atoms with Crippen LogP contribution in [0.3, 0.4) is 0 Å². The van der Waals surface area contributed by atoms with Crippen molar-refractivity contribution in [2.24, 2.45) is 0 Å². The van der Waals surface area contributed by atoms with Crippen molar-refractivity contribution < 1.29 is 70.4 Å². The Balaban J connectivity index is 1.03. The molecule has 0 saturated carbocycles. The van der Waals surface area contributed by atoms with E-state index in [4.69, 9.17) is 17.7 Å². The van der Waals surface area contributed by atoms with E-state index < -0.39 is 47.0 Å². The van der Waals surface area contributed by atoms with Crippen LogP contribution in [-0.4, -0.2) is 40.8 Å². The van der Waals surface area contributed by atoms with Crippen molar-refractivity contribution in [2.45, 2.75) is 31.6 Å². The molecule has 0 N–H and O–H groups in total. The molecule has 0 radical (unpaired) electrons. The van der Waals surface area contributed by atoms with Crippen LogP contribution >= 0.6 is 0 Å². The predicted octanol–water partition coefficient (Wildman–Crippen LogP) is 18.0. The summed E-state index contributed by atoms with van der Waals surface area (Å²) >= 11 is 0. The molecule has 4 heterocycles. The van der Waals surface area contributed by atoms with Crippen LogP contribution < -0.4 is 0 Å². The molecule has 4 aromatic heterocycles. The number of nitrogens with zero attached hydrogens (tertiary/aromatic N) is 8. The van der Waals surface area contributed by atoms with Gasteiger partial charge in [0.15, 0.2) is 0 Å². The van der Waals surface area contributed by atoms with Gasteiger partial charge in [0, 0.05) is 44.5 Å². The first kappa shape index (κ1) is 56.3. The second-order valence-electron chi connectivity index (χ2n) is 18.7. The van der Waals surface area contributed by atoms with Crippen LogP contribution in [0.25, 0.3) is 114 Å². The van der Waals surface area contributed by atoms with Gasteiger partial charge in [-0.25, -0.2) is 0 Å². The summed E-state index contributed by atoms with van der Waals surface area (Å²) in [5, 5.41) is 32.6. The van der Waals surface area contributed by atoms with E-state index in [9.17, 15) is 52.7 Å². The van der Waals surface area contributed by atoms with Crippen molar-refractivity contribution in [3.05, 3.63) is 216 Å². The summed E-state index contributed by atoms with van der Waals surface area (Å²) in [4.78, 5) is 0. The second kappa shape index (κ2) is 22.0. The summed E-state index contributed by atoms with van der Waals surface area (Å²) < 4.78 is 188. The number of hydrogen-bond donors (Lipinski definition) is 0. The smallest absolute Gasteiger partial charge is 0.416 e. The van der Waals surface area contributed by atoms with Crippen LogP contribution in [0.4, 0.5) is 52.7 Å². The van der Waals surface area contributed by atoms with Crippen LogP contribution in [0.15, 0.2) is 200 Å². The van der Waals surface area contributed by atoms with Crippen molar-refractivity contribution in [3.8, 4) is 102 Å². The van der Waals surface area contributed by atoms with Gasteiger partial charge in [-0.05, 0) is 156 Å². The van der Waals surface area contributed by atoms with E-state index in [0.717, 1.165) is 48.5 Å². The summed E-state index contributed by atoms with van der Waals surface area (Å²) in [6, 6.07) is 33.8. The second-order valence-corrected chi connectivity index (χ2v) is 18.7. The molecule has 85 heavy (non-hydrogen) atoms. The van der Waals surface area contributed by atoms with E-state index in [-0.39, 0.29) is 80.5 Å². The van der Waals surface area contributed by atoms with Gasteiger partial charge in [0.25, 0.3) is 0 Å². The summed E-state index contributed by atoms with van der Waals surface area (Å²) in [6.07, 6.45) is -13.9. The van der Waals surface area contributed by atoms with Crippen LogP contribution in [-0.2, 0) is 24.7 Å². The molecule has 0 fully saturated rings. The van der Waals surface area contributed by atoms with E-state index >= 15 is 0 Å². The first-order valence-electron chi connectivity index (χ1n) is 25.0. The highest BCUT2D eigenvalue weighted by Gasteiger charge is 2.34.